The maximum Gasteiger partial charge on any atom is 0.267 e. The van der Waals surface area contributed by atoms with Gasteiger partial charge in [-0.3, -0.25) is 14.2 Å². The quantitative estimate of drug-likeness (QED) is 0.132. The molecular formula is C24H17Cl3N4O2S2. The summed E-state index contributed by atoms with van der Waals surface area (Å²) in [5.41, 5.74) is 4.73. The lowest BCUT2D eigenvalue weighted by atomic mass is 10.2. The normalized spacial score (nSPS) is 13.0. The summed E-state index contributed by atoms with van der Waals surface area (Å²) < 4.78 is 1.55. The fourth-order valence-electron chi connectivity index (χ4n) is 3.88. The molecule has 0 spiro atoms. The molecule has 2 aromatic carbocycles. The van der Waals surface area contributed by atoms with Gasteiger partial charge in [0, 0.05) is 20.5 Å². The second-order valence-electron chi connectivity index (χ2n) is 7.80. The van der Waals surface area contributed by atoms with Gasteiger partial charge in [0.15, 0.2) is 5.16 Å². The van der Waals surface area contributed by atoms with Crippen molar-refractivity contribution in [3.05, 3.63) is 83.9 Å². The molecule has 0 saturated carbocycles. The number of thioether (sulfide) groups is 1. The van der Waals surface area contributed by atoms with Crippen molar-refractivity contribution < 1.29 is 4.79 Å². The Bertz CT molecular complexity index is 1530. The van der Waals surface area contributed by atoms with Crippen LogP contribution in [0.2, 0.25) is 15.1 Å². The molecule has 35 heavy (non-hydrogen) atoms. The van der Waals surface area contributed by atoms with Gasteiger partial charge in [-0.05, 0) is 61.2 Å². The van der Waals surface area contributed by atoms with E-state index in [-0.39, 0.29) is 17.2 Å². The second kappa shape index (κ2) is 10.3. The van der Waals surface area contributed by atoms with Crippen molar-refractivity contribution in [3.63, 3.8) is 0 Å². The Labute approximate surface area is 223 Å². The van der Waals surface area contributed by atoms with Crippen LogP contribution >= 0.6 is 57.9 Å². The number of thiophene rings is 1. The van der Waals surface area contributed by atoms with Gasteiger partial charge in [-0.15, -0.1) is 11.3 Å². The van der Waals surface area contributed by atoms with E-state index in [1.54, 1.807) is 58.4 Å². The summed E-state index contributed by atoms with van der Waals surface area (Å²) in [4.78, 5) is 32.8. The average Bonchev–Trinajstić information content (AvgIpc) is 3.41. The van der Waals surface area contributed by atoms with Crippen molar-refractivity contribution in [2.45, 2.75) is 24.4 Å². The SMILES string of the molecule is O=C(CSc1nc2sc3c(c2c(=O)n1-c1ccc(Cl)cc1)CCC3)NN=Cc1ccc(Cl)cc1Cl. The van der Waals surface area contributed by atoms with Crippen LogP contribution in [0.15, 0.2) is 57.5 Å². The van der Waals surface area contributed by atoms with Gasteiger partial charge in [-0.25, -0.2) is 10.4 Å². The molecule has 1 N–H and O–H groups in total. The molecule has 0 bridgehead atoms. The number of carbonyl (C=O) groups excluding carboxylic acids is 1. The molecule has 0 fully saturated rings. The molecule has 1 aliphatic rings. The molecule has 2 heterocycles. The van der Waals surface area contributed by atoms with Gasteiger partial charge in [0.05, 0.1) is 28.1 Å². The second-order valence-corrected chi connectivity index (χ2v) is 11.1. The van der Waals surface area contributed by atoms with Crippen molar-refractivity contribution in [1.29, 1.82) is 0 Å². The zero-order chi connectivity index (χ0) is 24.5. The zero-order valence-corrected chi connectivity index (χ0v) is 22.0. The summed E-state index contributed by atoms with van der Waals surface area (Å²) in [5, 5.41) is 6.59. The summed E-state index contributed by atoms with van der Waals surface area (Å²) in [5.74, 6) is -0.329. The lowest BCUT2D eigenvalue weighted by Crippen LogP contribution is -2.24. The number of benzene rings is 2. The minimum Gasteiger partial charge on any atom is -0.272 e. The Balaban J connectivity index is 1.40. The number of rotatable bonds is 6. The van der Waals surface area contributed by atoms with Gasteiger partial charge in [0.2, 0.25) is 0 Å². The fourth-order valence-corrected chi connectivity index (χ4v) is 6.57. The lowest BCUT2D eigenvalue weighted by Gasteiger charge is -2.12. The van der Waals surface area contributed by atoms with Crippen molar-refractivity contribution in [1.82, 2.24) is 15.0 Å². The maximum atomic E-state index is 13.6. The summed E-state index contributed by atoms with van der Waals surface area (Å²) in [6.45, 7) is 0. The monoisotopic (exact) mass is 562 g/mol. The third kappa shape index (κ3) is 5.13. The van der Waals surface area contributed by atoms with E-state index in [0.717, 1.165) is 24.8 Å². The van der Waals surface area contributed by atoms with Crippen LogP contribution in [-0.2, 0) is 17.6 Å². The third-order valence-corrected chi connectivity index (χ3v) is 8.42. The largest absolute Gasteiger partial charge is 0.272 e. The van der Waals surface area contributed by atoms with Crippen molar-refractivity contribution in [2.75, 3.05) is 5.75 Å². The number of hydrogen-bond donors (Lipinski definition) is 1. The number of halogens is 3. The summed E-state index contributed by atoms with van der Waals surface area (Å²) >= 11 is 20.8. The van der Waals surface area contributed by atoms with Crippen LogP contribution in [-0.4, -0.2) is 27.4 Å². The van der Waals surface area contributed by atoms with E-state index in [0.29, 0.717) is 41.7 Å². The van der Waals surface area contributed by atoms with Gasteiger partial charge < -0.3 is 0 Å². The zero-order valence-electron chi connectivity index (χ0n) is 18.1. The van der Waals surface area contributed by atoms with E-state index in [1.807, 2.05) is 0 Å². The molecule has 0 radical (unpaired) electrons. The lowest BCUT2D eigenvalue weighted by molar-refractivity contribution is -0.118. The molecule has 1 amide bonds. The third-order valence-electron chi connectivity index (χ3n) is 5.48. The van der Waals surface area contributed by atoms with Gasteiger partial charge in [-0.1, -0.05) is 52.6 Å². The first-order valence-corrected chi connectivity index (χ1v) is 13.6. The van der Waals surface area contributed by atoms with Crippen LogP contribution in [0.4, 0.5) is 0 Å². The number of aromatic nitrogens is 2. The van der Waals surface area contributed by atoms with E-state index < -0.39 is 0 Å². The molecule has 5 rings (SSSR count). The summed E-state index contributed by atoms with van der Waals surface area (Å²) in [6.07, 6.45) is 4.35. The first kappa shape index (κ1) is 24.3. The fraction of sp³-hybridized carbons (Fsp3) is 0.167. The van der Waals surface area contributed by atoms with Crippen LogP contribution in [0.5, 0.6) is 0 Å². The first-order chi connectivity index (χ1) is 16.9. The predicted molar refractivity (Wildman–Crippen MR) is 145 cm³/mol. The van der Waals surface area contributed by atoms with Crippen LogP contribution in [0.25, 0.3) is 15.9 Å². The van der Waals surface area contributed by atoms with Gasteiger partial charge in [-0.2, -0.15) is 5.10 Å². The molecule has 4 aromatic rings. The van der Waals surface area contributed by atoms with E-state index >= 15 is 0 Å². The number of nitrogens with zero attached hydrogens (tertiary/aromatic N) is 3. The van der Waals surface area contributed by atoms with Crippen molar-refractivity contribution in [2.24, 2.45) is 5.10 Å². The molecule has 0 atom stereocenters. The Hall–Kier alpha value is -2.36. The molecule has 178 valence electrons. The number of hydrazone groups is 1. The van der Waals surface area contributed by atoms with Gasteiger partial charge in [0.25, 0.3) is 11.5 Å². The number of hydrogen-bond acceptors (Lipinski definition) is 6. The molecule has 0 unspecified atom stereocenters. The van der Waals surface area contributed by atoms with Gasteiger partial charge in [0.1, 0.15) is 4.83 Å². The van der Waals surface area contributed by atoms with Crippen molar-refractivity contribution in [3.8, 4) is 5.69 Å². The molecule has 0 saturated heterocycles. The Morgan fingerprint density at radius 1 is 1.14 bits per heavy atom. The number of amides is 1. The van der Waals surface area contributed by atoms with Crippen LogP contribution in [0.1, 0.15) is 22.4 Å². The molecular weight excluding hydrogens is 547 g/mol. The topological polar surface area (TPSA) is 76.3 Å². The number of fused-ring (bicyclic) bond motifs is 3. The summed E-state index contributed by atoms with van der Waals surface area (Å²) in [7, 11) is 0. The number of aryl methyl sites for hydroxylation is 2. The van der Waals surface area contributed by atoms with Gasteiger partial charge >= 0.3 is 0 Å². The number of carbonyl (C=O) groups is 1. The molecule has 0 aliphatic heterocycles. The average molecular weight is 564 g/mol. The smallest absolute Gasteiger partial charge is 0.267 e. The van der Waals surface area contributed by atoms with Crippen LogP contribution in [0.3, 0.4) is 0 Å². The van der Waals surface area contributed by atoms with Crippen molar-refractivity contribution >= 4 is 80.2 Å². The standard InChI is InChI=1S/C24H17Cl3N4O2S2/c25-14-6-8-16(9-7-14)31-23(33)21-17-2-1-3-19(17)35-22(21)29-24(31)34-12-20(32)30-28-11-13-4-5-15(26)10-18(13)27/h4-11H,1-3,12H2,(H,30,32). The van der Waals surface area contributed by atoms with E-state index in [9.17, 15) is 9.59 Å². The highest BCUT2D eigenvalue weighted by Gasteiger charge is 2.24. The minimum absolute atomic E-state index is 0.0162. The highest BCUT2D eigenvalue weighted by atomic mass is 35.5. The molecule has 1 aliphatic carbocycles. The Morgan fingerprint density at radius 3 is 2.69 bits per heavy atom. The first-order valence-electron chi connectivity index (χ1n) is 10.6. The summed E-state index contributed by atoms with van der Waals surface area (Å²) in [6, 6.07) is 12.0. The number of nitrogens with one attached hydrogen (secondary N) is 1. The van der Waals surface area contributed by atoms with E-state index in [2.05, 4.69) is 10.5 Å². The molecule has 11 heteroatoms. The highest BCUT2D eigenvalue weighted by molar-refractivity contribution is 7.99. The molecule has 2 aromatic heterocycles. The molecule has 6 nitrogen and oxygen atoms in total. The van der Waals surface area contributed by atoms with Crippen LogP contribution < -0.4 is 11.0 Å². The minimum atomic E-state index is -0.345. The Kier molecular flexibility index (Phi) is 7.18. The van der Waals surface area contributed by atoms with E-state index in [4.69, 9.17) is 39.8 Å². The Morgan fingerprint density at radius 2 is 1.91 bits per heavy atom. The maximum absolute atomic E-state index is 13.6. The predicted octanol–water partition coefficient (Wildman–Crippen LogP) is 6.14. The van der Waals surface area contributed by atoms with E-state index in [1.165, 1.54) is 22.9 Å². The van der Waals surface area contributed by atoms with Crippen LogP contribution in [0, 0.1) is 0 Å². The highest BCUT2D eigenvalue weighted by Crippen LogP contribution is 2.36.